The molecule has 0 bridgehead atoms. The normalized spacial score (nSPS) is 13.4. The van der Waals surface area contributed by atoms with Crippen molar-refractivity contribution in [2.45, 2.75) is 56.8 Å². The molecule has 0 saturated carbocycles. The molecule has 40 heavy (non-hydrogen) atoms. The standard InChI is InChI=1S/C22H25Cl2F5N4O5S2/c1-5-33(8-13(25)26)20(35)16-17(39-19(31-16)18(34)30-9-21(3,4)36)11-6-7-12(15(24)14(11)23)40(37,38)32-10(2)22(27,28)29/h6-7,10,13,32,36H,5,8-9H2,1-4H3,(H,30,34)/t10-/m0/s1. The zero-order chi connectivity index (χ0) is 30.8. The van der Waals surface area contributed by atoms with Crippen LogP contribution < -0.4 is 10.0 Å². The number of rotatable bonds is 11. The number of hydrogen-bond donors (Lipinski definition) is 3. The number of hydrogen-bond acceptors (Lipinski definition) is 7. The fraction of sp³-hybridized carbons (Fsp3) is 0.500. The van der Waals surface area contributed by atoms with E-state index in [0.29, 0.717) is 18.3 Å². The maximum Gasteiger partial charge on any atom is 0.404 e. The van der Waals surface area contributed by atoms with Crippen molar-refractivity contribution in [3.63, 3.8) is 0 Å². The lowest BCUT2D eigenvalue weighted by Crippen LogP contribution is -2.43. The van der Waals surface area contributed by atoms with Gasteiger partial charge < -0.3 is 15.3 Å². The number of amides is 2. The zero-order valence-corrected chi connectivity index (χ0v) is 24.5. The van der Waals surface area contributed by atoms with Crippen LogP contribution in [0.4, 0.5) is 22.0 Å². The molecule has 0 aliphatic heterocycles. The average molecular weight is 655 g/mol. The Morgan fingerprint density at radius 2 is 1.77 bits per heavy atom. The number of carbonyl (C=O) groups is 2. The third-order valence-corrected chi connectivity index (χ3v) is 8.80. The van der Waals surface area contributed by atoms with Crippen molar-refractivity contribution in [3.8, 4) is 10.4 Å². The first-order valence-corrected chi connectivity index (χ1v) is 14.4. The number of alkyl halides is 5. The summed E-state index contributed by atoms with van der Waals surface area (Å²) in [4.78, 5) is 29.7. The fourth-order valence-corrected chi connectivity index (χ4v) is 6.22. The van der Waals surface area contributed by atoms with Gasteiger partial charge >= 0.3 is 6.18 Å². The summed E-state index contributed by atoms with van der Waals surface area (Å²) in [6.07, 6.45) is -7.79. The SMILES string of the molecule is CCN(CC(F)F)C(=O)c1nc(C(=O)NCC(C)(C)O)sc1-c1ccc(S(=O)(=O)N[C@@H](C)C(F)(F)F)c(Cl)c1Cl. The molecule has 0 aliphatic rings. The van der Waals surface area contributed by atoms with Gasteiger partial charge in [-0.15, -0.1) is 11.3 Å². The molecule has 0 unspecified atom stereocenters. The predicted molar refractivity (Wildman–Crippen MR) is 140 cm³/mol. The first-order chi connectivity index (χ1) is 18.2. The monoisotopic (exact) mass is 654 g/mol. The van der Waals surface area contributed by atoms with Crippen LogP contribution in [-0.2, 0) is 10.0 Å². The molecule has 0 spiro atoms. The van der Waals surface area contributed by atoms with Crippen LogP contribution in [0.2, 0.25) is 10.0 Å². The molecule has 2 amide bonds. The topological polar surface area (TPSA) is 129 Å². The van der Waals surface area contributed by atoms with Crippen molar-refractivity contribution >= 4 is 56.4 Å². The van der Waals surface area contributed by atoms with Gasteiger partial charge in [-0.25, -0.2) is 22.2 Å². The van der Waals surface area contributed by atoms with Crippen molar-refractivity contribution < 1.29 is 45.1 Å². The van der Waals surface area contributed by atoms with Crippen LogP contribution in [0.5, 0.6) is 0 Å². The van der Waals surface area contributed by atoms with Gasteiger partial charge in [0.15, 0.2) is 5.01 Å². The van der Waals surface area contributed by atoms with E-state index in [-0.39, 0.29) is 28.5 Å². The molecule has 2 rings (SSSR count). The van der Waals surface area contributed by atoms with Gasteiger partial charge in [-0.2, -0.15) is 17.9 Å². The second kappa shape index (κ2) is 12.8. The Morgan fingerprint density at radius 1 is 1.18 bits per heavy atom. The van der Waals surface area contributed by atoms with Crippen molar-refractivity contribution in [1.29, 1.82) is 0 Å². The Hall–Kier alpha value is -2.11. The van der Waals surface area contributed by atoms with Gasteiger partial charge in [-0.3, -0.25) is 9.59 Å². The highest BCUT2D eigenvalue weighted by atomic mass is 35.5. The van der Waals surface area contributed by atoms with E-state index in [1.165, 1.54) is 25.5 Å². The van der Waals surface area contributed by atoms with Gasteiger partial charge in [-0.05, 0) is 33.8 Å². The van der Waals surface area contributed by atoms with Crippen LogP contribution in [0.1, 0.15) is 48.0 Å². The molecule has 18 heteroatoms. The van der Waals surface area contributed by atoms with Crippen molar-refractivity contribution in [3.05, 3.63) is 32.9 Å². The molecule has 9 nitrogen and oxygen atoms in total. The molecule has 1 atom stereocenters. The number of aliphatic hydroxyl groups is 1. The lowest BCUT2D eigenvalue weighted by Gasteiger charge is -2.20. The number of sulfonamides is 1. The lowest BCUT2D eigenvalue weighted by atomic mass is 10.1. The van der Waals surface area contributed by atoms with Crippen molar-refractivity contribution in [2.24, 2.45) is 0 Å². The fourth-order valence-electron chi connectivity index (χ4n) is 3.07. The summed E-state index contributed by atoms with van der Waals surface area (Å²) in [5.74, 6) is -1.82. The van der Waals surface area contributed by atoms with Crippen molar-refractivity contribution in [2.75, 3.05) is 19.6 Å². The van der Waals surface area contributed by atoms with E-state index in [1.807, 2.05) is 0 Å². The largest absolute Gasteiger partial charge is 0.404 e. The summed E-state index contributed by atoms with van der Waals surface area (Å²) >= 11 is 13.0. The number of benzene rings is 1. The number of thiazole rings is 1. The van der Waals surface area contributed by atoms with Crippen LogP contribution in [0, 0.1) is 0 Å². The minimum Gasteiger partial charge on any atom is -0.389 e. The molecule has 3 N–H and O–H groups in total. The highest BCUT2D eigenvalue weighted by Gasteiger charge is 2.39. The second-order valence-electron chi connectivity index (χ2n) is 9.05. The van der Waals surface area contributed by atoms with Gasteiger partial charge in [0.05, 0.1) is 27.1 Å². The van der Waals surface area contributed by atoms with E-state index < -0.39 is 73.3 Å². The van der Waals surface area contributed by atoms with Gasteiger partial charge in [0, 0.05) is 18.7 Å². The van der Waals surface area contributed by atoms with E-state index in [1.54, 1.807) is 0 Å². The molecule has 0 fully saturated rings. The first-order valence-electron chi connectivity index (χ1n) is 11.4. The molecule has 0 radical (unpaired) electrons. The third kappa shape index (κ3) is 8.45. The molecule has 0 saturated heterocycles. The van der Waals surface area contributed by atoms with Crippen molar-refractivity contribution in [1.82, 2.24) is 19.9 Å². The van der Waals surface area contributed by atoms with E-state index in [9.17, 15) is 45.1 Å². The second-order valence-corrected chi connectivity index (χ2v) is 12.5. The summed E-state index contributed by atoms with van der Waals surface area (Å²) in [6, 6.07) is -0.585. The molecule has 224 valence electrons. The predicted octanol–water partition coefficient (Wildman–Crippen LogP) is 4.57. The van der Waals surface area contributed by atoms with Gasteiger partial charge in [0.2, 0.25) is 10.0 Å². The highest BCUT2D eigenvalue weighted by molar-refractivity contribution is 7.89. The van der Waals surface area contributed by atoms with Crippen LogP contribution in [0.15, 0.2) is 17.0 Å². The molecule has 0 aliphatic carbocycles. The number of nitrogens with zero attached hydrogens (tertiary/aromatic N) is 2. The highest BCUT2D eigenvalue weighted by Crippen LogP contribution is 2.42. The Kier molecular flexibility index (Phi) is 10.9. The van der Waals surface area contributed by atoms with Gasteiger partial charge in [0.25, 0.3) is 18.2 Å². The molecule has 2 aromatic rings. The molecule has 1 heterocycles. The average Bonchev–Trinajstić information content (AvgIpc) is 3.25. The minimum atomic E-state index is -4.90. The molecular formula is C22H25Cl2F5N4O5S2. The Morgan fingerprint density at radius 3 is 2.27 bits per heavy atom. The van der Waals surface area contributed by atoms with E-state index in [0.717, 1.165) is 17.0 Å². The van der Waals surface area contributed by atoms with Crippen LogP contribution >= 0.6 is 34.5 Å². The first kappa shape index (κ1) is 34.1. The molecule has 1 aromatic carbocycles. The molecular weight excluding hydrogens is 630 g/mol. The van der Waals surface area contributed by atoms with Crippen LogP contribution in [0.25, 0.3) is 10.4 Å². The van der Waals surface area contributed by atoms with Crippen LogP contribution in [0.3, 0.4) is 0 Å². The van der Waals surface area contributed by atoms with E-state index >= 15 is 0 Å². The maximum atomic E-state index is 13.2. The zero-order valence-electron chi connectivity index (χ0n) is 21.4. The summed E-state index contributed by atoms with van der Waals surface area (Å²) in [5.41, 5.74) is -1.91. The quantitative estimate of drug-likeness (QED) is 0.305. The number of nitrogens with one attached hydrogen (secondary N) is 2. The third-order valence-electron chi connectivity index (χ3n) is 5.14. The Bertz CT molecular complexity index is 1360. The van der Waals surface area contributed by atoms with E-state index in [2.05, 4.69) is 10.3 Å². The summed E-state index contributed by atoms with van der Waals surface area (Å²) in [7, 11) is -4.83. The van der Waals surface area contributed by atoms with Crippen LogP contribution in [-0.4, -0.2) is 79.1 Å². The number of aromatic nitrogens is 1. The minimum absolute atomic E-state index is 0.134. The Balaban J connectivity index is 2.65. The van der Waals surface area contributed by atoms with E-state index in [4.69, 9.17) is 23.2 Å². The summed E-state index contributed by atoms with van der Waals surface area (Å²) in [5, 5.41) is 10.8. The molecule has 1 aromatic heterocycles. The van der Waals surface area contributed by atoms with Gasteiger partial charge in [0.1, 0.15) is 16.6 Å². The number of halogens is 7. The summed E-state index contributed by atoms with van der Waals surface area (Å²) in [6.45, 7) is 3.53. The smallest absolute Gasteiger partial charge is 0.389 e. The summed E-state index contributed by atoms with van der Waals surface area (Å²) < 4.78 is 91.6. The number of carbonyl (C=O) groups excluding carboxylic acids is 2. The lowest BCUT2D eigenvalue weighted by molar-refractivity contribution is -0.147. The van der Waals surface area contributed by atoms with Gasteiger partial charge in [-0.1, -0.05) is 29.3 Å². The Labute approximate surface area is 240 Å². The maximum absolute atomic E-state index is 13.2.